The number of aliphatic hydroxyl groups is 1. The predicted octanol–water partition coefficient (Wildman–Crippen LogP) is 2.54. The van der Waals surface area contributed by atoms with Crippen molar-refractivity contribution in [3.63, 3.8) is 0 Å². The van der Waals surface area contributed by atoms with Gasteiger partial charge in [0.25, 0.3) is 5.78 Å². The number of carboxylic acid groups (broad SMARTS) is 1. The Bertz CT molecular complexity index is 490. The van der Waals surface area contributed by atoms with Crippen molar-refractivity contribution in [3.8, 4) is 0 Å². The number of hydrogen-bond donors (Lipinski definition) is 2. The number of ketones is 1. The van der Waals surface area contributed by atoms with Crippen molar-refractivity contribution >= 4 is 17.5 Å². The largest absolute Gasteiger partial charge is 0.507 e. The summed E-state index contributed by atoms with van der Waals surface area (Å²) < 4.78 is 0. The smallest absolute Gasteiger partial charge is 0.376 e. The Kier molecular flexibility index (Phi) is 3.91. The van der Waals surface area contributed by atoms with Crippen LogP contribution in [0.3, 0.4) is 0 Å². The topological polar surface area (TPSA) is 74.6 Å². The minimum Gasteiger partial charge on any atom is -0.507 e. The minimum absolute atomic E-state index is 0.00521. The number of aliphatic hydroxyl groups excluding tert-OH is 1. The van der Waals surface area contributed by atoms with E-state index in [4.69, 9.17) is 5.11 Å². The van der Waals surface area contributed by atoms with Crippen molar-refractivity contribution in [3.05, 3.63) is 41.5 Å². The molecule has 4 heteroatoms. The quantitative estimate of drug-likeness (QED) is 0.489. The summed E-state index contributed by atoms with van der Waals surface area (Å²) >= 11 is 0. The van der Waals surface area contributed by atoms with Crippen LogP contribution in [0.1, 0.15) is 31.9 Å². The molecule has 0 unspecified atom stereocenters. The van der Waals surface area contributed by atoms with Crippen LogP contribution >= 0.6 is 0 Å². The highest BCUT2D eigenvalue weighted by Crippen LogP contribution is 2.23. The summed E-state index contributed by atoms with van der Waals surface area (Å²) in [5.74, 6) is -3.08. The summed E-state index contributed by atoms with van der Waals surface area (Å²) in [5, 5.41) is 18.0. The first-order valence-electron chi connectivity index (χ1n) is 5.50. The highest BCUT2D eigenvalue weighted by Gasteiger charge is 2.14. The van der Waals surface area contributed by atoms with Crippen LogP contribution in [0, 0.1) is 0 Å². The molecule has 0 saturated carbocycles. The maximum absolute atomic E-state index is 10.9. The first kappa shape index (κ1) is 14.0. The lowest BCUT2D eigenvalue weighted by atomic mass is 9.86. The van der Waals surface area contributed by atoms with Gasteiger partial charge in [-0.1, -0.05) is 45.0 Å². The van der Waals surface area contributed by atoms with E-state index >= 15 is 0 Å². The zero-order valence-electron chi connectivity index (χ0n) is 10.6. The Balaban J connectivity index is 2.99. The summed E-state index contributed by atoms with van der Waals surface area (Å²) in [6.07, 6.45) is 0.703. The van der Waals surface area contributed by atoms with Gasteiger partial charge in [-0.05, 0) is 11.0 Å². The molecule has 0 aliphatic rings. The van der Waals surface area contributed by atoms with E-state index in [1.54, 1.807) is 12.1 Å². The van der Waals surface area contributed by atoms with Crippen molar-refractivity contribution < 1.29 is 19.8 Å². The molecule has 18 heavy (non-hydrogen) atoms. The van der Waals surface area contributed by atoms with Gasteiger partial charge in [0.05, 0.1) is 0 Å². The van der Waals surface area contributed by atoms with Gasteiger partial charge in [0.15, 0.2) is 0 Å². The number of carbonyl (C=O) groups is 2. The number of benzene rings is 1. The molecule has 96 valence electrons. The number of aliphatic carboxylic acids is 1. The van der Waals surface area contributed by atoms with Crippen LogP contribution in [0.2, 0.25) is 0 Å². The molecule has 4 nitrogen and oxygen atoms in total. The maximum Gasteiger partial charge on any atom is 0.376 e. The molecule has 0 spiro atoms. The third kappa shape index (κ3) is 3.45. The average Bonchev–Trinajstić information content (AvgIpc) is 2.27. The van der Waals surface area contributed by atoms with Gasteiger partial charge in [0, 0.05) is 11.6 Å². The van der Waals surface area contributed by atoms with Gasteiger partial charge in [0.1, 0.15) is 5.76 Å². The molecular weight excluding hydrogens is 232 g/mol. The van der Waals surface area contributed by atoms with E-state index in [-0.39, 0.29) is 11.2 Å². The van der Waals surface area contributed by atoms with Gasteiger partial charge in [0.2, 0.25) is 0 Å². The van der Waals surface area contributed by atoms with E-state index in [0.29, 0.717) is 11.6 Å². The van der Waals surface area contributed by atoms with Gasteiger partial charge in [-0.2, -0.15) is 0 Å². The first-order valence-corrected chi connectivity index (χ1v) is 5.50. The molecule has 1 aromatic carbocycles. The fourth-order valence-corrected chi connectivity index (χ4v) is 1.41. The van der Waals surface area contributed by atoms with E-state index in [9.17, 15) is 14.7 Å². The van der Waals surface area contributed by atoms with Crippen LogP contribution in [0.25, 0.3) is 5.76 Å². The SMILES string of the molecule is CC(C)(C)c1ccc(C(O)=CC(=O)C(=O)O)cc1. The molecule has 0 amide bonds. The van der Waals surface area contributed by atoms with Gasteiger partial charge in [-0.15, -0.1) is 0 Å². The van der Waals surface area contributed by atoms with Crippen LogP contribution in [-0.4, -0.2) is 22.0 Å². The second-order valence-electron chi connectivity index (χ2n) is 5.03. The molecular formula is C14H16O4. The Hall–Kier alpha value is -2.10. The molecule has 0 heterocycles. The lowest BCUT2D eigenvalue weighted by molar-refractivity contribution is -0.146. The molecule has 2 N–H and O–H groups in total. The van der Waals surface area contributed by atoms with Gasteiger partial charge in [-0.3, -0.25) is 4.79 Å². The fourth-order valence-electron chi connectivity index (χ4n) is 1.41. The number of hydrogen-bond acceptors (Lipinski definition) is 3. The van der Waals surface area contributed by atoms with Crippen LogP contribution < -0.4 is 0 Å². The van der Waals surface area contributed by atoms with Crippen molar-refractivity contribution in [2.45, 2.75) is 26.2 Å². The van der Waals surface area contributed by atoms with Crippen molar-refractivity contribution in [2.75, 3.05) is 0 Å². The summed E-state index contributed by atoms with van der Waals surface area (Å²) in [5.41, 5.74) is 1.50. The van der Waals surface area contributed by atoms with Gasteiger partial charge >= 0.3 is 5.97 Å². The zero-order chi connectivity index (χ0) is 13.9. The van der Waals surface area contributed by atoms with E-state index in [2.05, 4.69) is 20.8 Å². The third-order valence-electron chi connectivity index (χ3n) is 2.53. The Morgan fingerprint density at radius 2 is 1.56 bits per heavy atom. The third-order valence-corrected chi connectivity index (χ3v) is 2.53. The van der Waals surface area contributed by atoms with Crippen LogP contribution in [0.15, 0.2) is 30.3 Å². The highest BCUT2D eigenvalue weighted by atomic mass is 16.4. The number of carbonyl (C=O) groups excluding carboxylic acids is 1. The molecule has 0 aliphatic heterocycles. The first-order chi connectivity index (χ1) is 8.21. The lowest BCUT2D eigenvalue weighted by Crippen LogP contribution is -2.11. The molecule has 0 radical (unpaired) electrons. The van der Waals surface area contributed by atoms with E-state index in [0.717, 1.165) is 5.56 Å². The highest BCUT2D eigenvalue weighted by molar-refractivity contribution is 6.38. The molecule has 0 aromatic heterocycles. The molecule has 0 saturated heterocycles. The van der Waals surface area contributed by atoms with Crippen molar-refractivity contribution in [1.82, 2.24) is 0 Å². The van der Waals surface area contributed by atoms with Crippen LogP contribution in [0.4, 0.5) is 0 Å². The Labute approximate surface area is 106 Å². The van der Waals surface area contributed by atoms with E-state index in [1.807, 2.05) is 12.1 Å². The summed E-state index contributed by atoms with van der Waals surface area (Å²) in [7, 11) is 0. The summed E-state index contributed by atoms with van der Waals surface area (Å²) in [6.45, 7) is 6.18. The standard InChI is InChI=1S/C14H16O4/c1-14(2,3)10-6-4-9(5-7-10)11(15)8-12(16)13(17)18/h4-8,15H,1-3H3,(H,17,18). The molecule has 0 bridgehead atoms. The zero-order valence-corrected chi connectivity index (χ0v) is 10.6. The van der Waals surface area contributed by atoms with Crippen molar-refractivity contribution in [2.24, 2.45) is 0 Å². The van der Waals surface area contributed by atoms with Crippen LogP contribution in [0.5, 0.6) is 0 Å². The number of rotatable bonds is 3. The Morgan fingerprint density at radius 1 is 1.06 bits per heavy atom. The van der Waals surface area contributed by atoms with Gasteiger partial charge in [-0.25, -0.2) is 4.79 Å². The second-order valence-corrected chi connectivity index (χ2v) is 5.03. The molecule has 1 rings (SSSR count). The van der Waals surface area contributed by atoms with Gasteiger partial charge < -0.3 is 10.2 Å². The van der Waals surface area contributed by atoms with Crippen LogP contribution in [-0.2, 0) is 15.0 Å². The molecule has 0 atom stereocenters. The average molecular weight is 248 g/mol. The summed E-state index contributed by atoms with van der Waals surface area (Å²) in [6, 6.07) is 6.98. The minimum atomic E-state index is -1.59. The number of carboxylic acids is 1. The Morgan fingerprint density at radius 3 is 1.94 bits per heavy atom. The van der Waals surface area contributed by atoms with E-state index < -0.39 is 11.8 Å². The molecule has 1 aromatic rings. The molecule has 0 fully saturated rings. The van der Waals surface area contributed by atoms with E-state index in [1.165, 1.54) is 0 Å². The second kappa shape index (κ2) is 5.04. The van der Waals surface area contributed by atoms with Crippen molar-refractivity contribution in [1.29, 1.82) is 0 Å². The normalized spacial score (nSPS) is 12.3. The summed E-state index contributed by atoms with van der Waals surface area (Å²) in [4.78, 5) is 21.3. The molecule has 0 aliphatic carbocycles. The lowest BCUT2D eigenvalue weighted by Gasteiger charge is -2.19. The monoisotopic (exact) mass is 248 g/mol. The fraction of sp³-hybridized carbons (Fsp3) is 0.286. The maximum atomic E-state index is 10.9. The predicted molar refractivity (Wildman–Crippen MR) is 68.4 cm³/mol.